The van der Waals surface area contributed by atoms with Crippen LogP contribution in [0.15, 0.2) is 24.3 Å². The van der Waals surface area contributed by atoms with Crippen LogP contribution in [0.25, 0.3) is 0 Å². The van der Waals surface area contributed by atoms with Crippen molar-refractivity contribution in [1.29, 1.82) is 0 Å². The van der Waals surface area contributed by atoms with Crippen LogP contribution in [-0.2, 0) is 0 Å². The SMILES string of the molecule is CC[P+](CC)(CC)c1ccc(C)cc1. The number of hydrogen-bond acceptors (Lipinski definition) is 0. The number of hydrogen-bond donors (Lipinski definition) is 0. The van der Waals surface area contributed by atoms with E-state index < -0.39 is 7.26 Å². The average Bonchev–Trinajstić information content (AvgIpc) is 2.24. The molecule has 0 radical (unpaired) electrons. The molecule has 1 aromatic carbocycles. The molecule has 0 saturated heterocycles. The van der Waals surface area contributed by atoms with Crippen LogP contribution in [0.1, 0.15) is 26.3 Å². The minimum atomic E-state index is -0.811. The quantitative estimate of drug-likeness (QED) is 0.663. The summed E-state index contributed by atoms with van der Waals surface area (Å²) >= 11 is 0. The van der Waals surface area contributed by atoms with Gasteiger partial charge in [-0.1, -0.05) is 17.7 Å². The lowest BCUT2D eigenvalue weighted by Crippen LogP contribution is -2.17. The van der Waals surface area contributed by atoms with E-state index in [4.69, 9.17) is 0 Å². The van der Waals surface area contributed by atoms with Gasteiger partial charge in [0.1, 0.15) is 0 Å². The maximum Gasteiger partial charge on any atom is 0.0939 e. The molecule has 78 valence electrons. The van der Waals surface area contributed by atoms with Crippen LogP contribution >= 0.6 is 7.26 Å². The van der Waals surface area contributed by atoms with Crippen LogP contribution in [0, 0.1) is 6.92 Å². The largest absolute Gasteiger partial charge is 0.0939 e. The third-order valence-electron chi connectivity index (χ3n) is 3.40. The number of aryl methyl sites for hydroxylation is 1. The van der Waals surface area contributed by atoms with Gasteiger partial charge in [0.25, 0.3) is 0 Å². The maximum atomic E-state index is 2.35. The minimum Gasteiger partial charge on any atom is -0.0554 e. The molecule has 0 aliphatic heterocycles. The predicted molar refractivity (Wildman–Crippen MR) is 69.4 cm³/mol. The molecule has 0 unspecified atom stereocenters. The zero-order chi connectivity index (χ0) is 10.6. The van der Waals surface area contributed by atoms with E-state index in [0.29, 0.717) is 0 Å². The first-order chi connectivity index (χ1) is 6.68. The second kappa shape index (κ2) is 4.94. The highest BCUT2D eigenvalue weighted by Crippen LogP contribution is 2.56. The fraction of sp³-hybridized carbons (Fsp3) is 0.538. The van der Waals surface area contributed by atoms with Crippen molar-refractivity contribution in [1.82, 2.24) is 0 Å². The molecule has 0 heterocycles. The molecule has 0 fully saturated rings. The molecule has 0 spiro atoms. The fourth-order valence-corrected chi connectivity index (χ4v) is 5.30. The molecule has 1 aromatic rings. The monoisotopic (exact) mass is 209 g/mol. The highest BCUT2D eigenvalue weighted by molar-refractivity contribution is 7.82. The van der Waals surface area contributed by atoms with Gasteiger partial charge in [-0.2, -0.15) is 0 Å². The molecular weight excluding hydrogens is 187 g/mol. The van der Waals surface area contributed by atoms with Gasteiger partial charge in [-0.15, -0.1) is 0 Å². The zero-order valence-corrected chi connectivity index (χ0v) is 10.8. The highest BCUT2D eigenvalue weighted by Gasteiger charge is 2.33. The van der Waals surface area contributed by atoms with E-state index >= 15 is 0 Å². The standard InChI is InChI=1S/C13H22P/c1-5-14(6-2,7-3)13-10-8-12(4)9-11-13/h8-11H,5-7H2,1-4H3/q+1. The molecule has 0 aliphatic carbocycles. The van der Waals surface area contributed by atoms with E-state index in [9.17, 15) is 0 Å². The molecule has 0 bridgehead atoms. The zero-order valence-electron chi connectivity index (χ0n) is 9.88. The van der Waals surface area contributed by atoms with Gasteiger partial charge in [0, 0.05) is 7.26 Å². The minimum absolute atomic E-state index is 0.811. The van der Waals surface area contributed by atoms with Crippen LogP contribution in [0.2, 0.25) is 0 Å². The van der Waals surface area contributed by atoms with Crippen LogP contribution < -0.4 is 5.30 Å². The Balaban J connectivity index is 3.05. The van der Waals surface area contributed by atoms with Crippen LogP contribution in [-0.4, -0.2) is 18.5 Å². The molecule has 0 nitrogen and oxygen atoms in total. The van der Waals surface area contributed by atoms with Crippen LogP contribution in [0.4, 0.5) is 0 Å². The topological polar surface area (TPSA) is 0 Å². The van der Waals surface area contributed by atoms with E-state index in [0.717, 1.165) is 0 Å². The first-order valence-corrected chi connectivity index (χ1v) is 7.96. The van der Waals surface area contributed by atoms with Gasteiger partial charge >= 0.3 is 0 Å². The van der Waals surface area contributed by atoms with Gasteiger partial charge in [0.15, 0.2) is 0 Å². The van der Waals surface area contributed by atoms with Crippen LogP contribution in [0.3, 0.4) is 0 Å². The lowest BCUT2D eigenvalue weighted by molar-refractivity contribution is 1.32. The van der Waals surface area contributed by atoms with Crippen molar-refractivity contribution in [3.05, 3.63) is 29.8 Å². The molecule has 0 atom stereocenters. The Hall–Kier alpha value is -0.350. The summed E-state index contributed by atoms with van der Waals surface area (Å²) in [6.07, 6.45) is 4.05. The molecular formula is C13H22P+. The summed E-state index contributed by atoms with van der Waals surface area (Å²) in [5.74, 6) is 0. The molecule has 0 aromatic heterocycles. The van der Waals surface area contributed by atoms with Crippen molar-refractivity contribution < 1.29 is 0 Å². The van der Waals surface area contributed by atoms with Crippen LogP contribution in [0.5, 0.6) is 0 Å². The molecule has 1 rings (SSSR count). The maximum absolute atomic E-state index is 2.35. The summed E-state index contributed by atoms with van der Waals surface area (Å²) < 4.78 is 0. The third-order valence-corrected chi connectivity index (χ3v) is 8.42. The molecule has 0 aliphatic rings. The van der Waals surface area contributed by atoms with E-state index in [-0.39, 0.29) is 0 Å². The van der Waals surface area contributed by atoms with Gasteiger partial charge < -0.3 is 0 Å². The fourth-order valence-electron chi connectivity index (χ4n) is 2.08. The Labute approximate surface area is 89.1 Å². The molecule has 0 N–H and O–H groups in total. The number of rotatable bonds is 4. The first kappa shape index (κ1) is 11.7. The Bertz CT molecular complexity index is 262. The number of benzene rings is 1. The second-order valence-corrected chi connectivity index (χ2v) is 8.63. The van der Waals surface area contributed by atoms with Crippen molar-refractivity contribution >= 4 is 12.6 Å². The van der Waals surface area contributed by atoms with E-state index in [1.165, 1.54) is 24.0 Å². The van der Waals surface area contributed by atoms with Crippen molar-refractivity contribution in [3.8, 4) is 0 Å². The van der Waals surface area contributed by atoms with Gasteiger partial charge in [0.2, 0.25) is 0 Å². The first-order valence-electron chi connectivity index (χ1n) is 5.61. The Morgan fingerprint density at radius 1 is 0.857 bits per heavy atom. The van der Waals surface area contributed by atoms with Crippen molar-refractivity contribution in [3.63, 3.8) is 0 Å². The summed E-state index contributed by atoms with van der Waals surface area (Å²) in [5, 5.41) is 1.62. The summed E-state index contributed by atoms with van der Waals surface area (Å²) in [4.78, 5) is 0. The van der Waals surface area contributed by atoms with Crippen molar-refractivity contribution in [2.24, 2.45) is 0 Å². The lowest BCUT2D eigenvalue weighted by atomic mass is 10.2. The molecule has 1 heteroatoms. The summed E-state index contributed by atoms with van der Waals surface area (Å²) in [7, 11) is -0.811. The van der Waals surface area contributed by atoms with Gasteiger partial charge in [-0.3, -0.25) is 0 Å². The van der Waals surface area contributed by atoms with Crippen molar-refractivity contribution in [2.45, 2.75) is 27.7 Å². The smallest absolute Gasteiger partial charge is 0.0554 e. The average molecular weight is 209 g/mol. The van der Waals surface area contributed by atoms with E-state index in [1.54, 1.807) is 5.30 Å². The summed E-state index contributed by atoms with van der Waals surface area (Å²) in [6, 6.07) is 9.20. The van der Waals surface area contributed by atoms with Gasteiger partial charge in [-0.05, 0) is 39.8 Å². The predicted octanol–water partition coefficient (Wildman–Crippen LogP) is 3.70. The molecule has 0 saturated carbocycles. The Morgan fingerprint density at radius 2 is 1.29 bits per heavy atom. The Kier molecular flexibility index (Phi) is 4.13. The highest BCUT2D eigenvalue weighted by atomic mass is 31.2. The summed E-state index contributed by atoms with van der Waals surface area (Å²) in [6.45, 7) is 9.20. The second-order valence-electron chi connectivity index (χ2n) is 3.93. The van der Waals surface area contributed by atoms with E-state index in [1.807, 2.05) is 0 Å². The van der Waals surface area contributed by atoms with Gasteiger partial charge in [-0.25, -0.2) is 0 Å². The third kappa shape index (κ3) is 2.17. The van der Waals surface area contributed by atoms with Gasteiger partial charge in [0.05, 0.1) is 23.8 Å². The summed E-state index contributed by atoms with van der Waals surface area (Å²) in [5.41, 5.74) is 1.37. The molecule has 0 amide bonds. The van der Waals surface area contributed by atoms with Crippen molar-refractivity contribution in [2.75, 3.05) is 18.5 Å². The molecule has 14 heavy (non-hydrogen) atoms. The Morgan fingerprint density at radius 3 is 1.64 bits per heavy atom. The normalized spacial score (nSPS) is 11.7. The van der Waals surface area contributed by atoms with E-state index in [2.05, 4.69) is 52.0 Å². The lowest BCUT2D eigenvalue weighted by Gasteiger charge is -2.23.